The predicted molar refractivity (Wildman–Crippen MR) is 124 cm³/mol. The SMILES string of the molecule is CC1(COc2cc(-n3nc4ccccc4c3Cl)c(F)cc2Cl)CC(c2ccccc2)=NO1. The zero-order valence-corrected chi connectivity index (χ0v) is 18.6. The molecule has 0 saturated carbocycles. The molecule has 2 heterocycles. The third-order valence-electron chi connectivity index (χ3n) is 5.31. The second-order valence-corrected chi connectivity index (χ2v) is 8.63. The molecule has 5 rings (SSSR count). The van der Waals surface area contributed by atoms with Gasteiger partial charge in [0.1, 0.15) is 23.2 Å². The summed E-state index contributed by atoms with van der Waals surface area (Å²) in [5.74, 6) is -0.258. The maximum absolute atomic E-state index is 14.8. The van der Waals surface area contributed by atoms with Gasteiger partial charge in [0.25, 0.3) is 0 Å². The first-order chi connectivity index (χ1) is 15.4. The van der Waals surface area contributed by atoms with Crippen molar-refractivity contribution < 1.29 is 14.0 Å². The molecule has 8 heteroatoms. The number of ether oxygens (including phenoxy) is 1. The first-order valence-corrected chi connectivity index (χ1v) is 10.8. The topological polar surface area (TPSA) is 48.6 Å². The Hall–Kier alpha value is -3.09. The summed E-state index contributed by atoms with van der Waals surface area (Å²) < 4.78 is 22.1. The number of halogens is 3. The number of rotatable bonds is 5. The third-order valence-corrected chi connectivity index (χ3v) is 5.97. The van der Waals surface area contributed by atoms with Crippen LogP contribution >= 0.6 is 23.2 Å². The molecular weight excluding hydrogens is 452 g/mol. The maximum Gasteiger partial charge on any atom is 0.174 e. The normalized spacial score (nSPS) is 17.9. The lowest BCUT2D eigenvalue weighted by atomic mass is 9.97. The van der Waals surface area contributed by atoms with Gasteiger partial charge in [0.05, 0.1) is 16.3 Å². The average Bonchev–Trinajstić information content (AvgIpc) is 3.35. The summed E-state index contributed by atoms with van der Waals surface area (Å²) in [7, 11) is 0. The van der Waals surface area contributed by atoms with E-state index < -0.39 is 11.4 Å². The maximum atomic E-state index is 14.8. The number of aromatic nitrogens is 2. The molecule has 1 aliphatic heterocycles. The van der Waals surface area contributed by atoms with Crippen LogP contribution in [0, 0.1) is 5.82 Å². The number of nitrogens with zero attached hydrogens (tertiary/aromatic N) is 3. The largest absolute Gasteiger partial charge is 0.488 e. The average molecular weight is 470 g/mol. The highest BCUT2D eigenvalue weighted by molar-refractivity contribution is 6.34. The van der Waals surface area contributed by atoms with E-state index in [1.54, 1.807) is 0 Å². The Morgan fingerprint density at radius 3 is 2.62 bits per heavy atom. The Labute approximate surface area is 194 Å². The molecule has 5 nitrogen and oxygen atoms in total. The number of hydrogen-bond donors (Lipinski definition) is 0. The molecule has 0 saturated heterocycles. The van der Waals surface area contributed by atoms with Gasteiger partial charge in [-0.15, -0.1) is 0 Å². The summed E-state index contributed by atoms with van der Waals surface area (Å²) in [5.41, 5.74) is 1.97. The van der Waals surface area contributed by atoms with Crippen molar-refractivity contribution in [1.82, 2.24) is 9.78 Å². The van der Waals surface area contributed by atoms with Crippen molar-refractivity contribution in [3.63, 3.8) is 0 Å². The van der Waals surface area contributed by atoms with Crippen molar-refractivity contribution in [2.75, 3.05) is 6.61 Å². The van der Waals surface area contributed by atoms with E-state index in [1.807, 2.05) is 61.5 Å². The molecule has 0 spiro atoms. The van der Waals surface area contributed by atoms with Crippen LogP contribution < -0.4 is 4.74 Å². The van der Waals surface area contributed by atoms with Crippen LogP contribution in [0.25, 0.3) is 16.6 Å². The fourth-order valence-electron chi connectivity index (χ4n) is 3.63. The zero-order chi connectivity index (χ0) is 22.3. The van der Waals surface area contributed by atoms with Crippen molar-refractivity contribution in [3.8, 4) is 11.4 Å². The number of oxime groups is 1. The van der Waals surface area contributed by atoms with Gasteiger partial charge in [-0.1, -0.05) is 70.8 Å². The lowest BCUT2D eigenvalue weighted by Crippen LogP contribution is -2.32. The minimum atomic E-state index is -0.679. The molecule has 0 radical (unpaired) electrons. The molecule has 0 amide bonds. The number of benzene rings is 3. The van der Waals surface area contributed by atoms with Gasteiger partial charge in [0, 0.05) is 17.9 Å². The first-order valence-electron chi connectivity index (χ1n) is 9.99. The van der Waals surface area contributed by atoms with E-state index >= 15 is 0 Å². The Morgan fingerprint density at radius 2 is 1.84 bits per heavy atom. The number of fused-ring (bicyclic) bond motifs is 1. The highest BCUT2D eigenvalue weighted by Gasteiger charge is 2.36. The fraction of sp³-hybridized carbons (Fsp3) is 0.167. The molecule has 1 atom stereocenters. The van der Waals surface area contributed by atoms with Crippen molar-refractivity contribution in [1.29, 1.82) is 0 Å². The van der Waals surface area contributed by atoms with Crippen LogP contribution in [0.5, 0.6) is 5.75 Å². The smallest absolute Gasteiger partial charge is 0.174 e. The third kappa shape index (κ3) is 3.80. The van der Waals surface area contributed by atoms with Crippen LogP contribution in [-0.4, -0.2) is 27.7 Å². The minimum Gasteiger partial charge on any atom is -0.488 e. The van der Waals surface area contributed by atoms with Gasteiger partial charge in [-0.05, 0) is 30.7 Å². The van der Waals surface area contributed by atoms with Crippen LogP contribution in [-0.2, 0) is 4.84 Å². The highest BCUT2D eigenvalue weighted by atomic mass is 35.5. The molecule has 1 aliphatic rings. The Bertz CT molecular complexity index is 1340. The summed E-state index contributed by atoms with van der Waals surface area (Å²) in [6.07, 6.45) is 0.569. The molecule has 0 aliphatic carbocycles. The quantitative estimate of drug-likeness (QED) is 0.338. The highest BCUT2D eigenvalue weighted by Crippen LogP contribution is 2.35. The van der Waals surface area contributed by atoms with Gasteiger partial charge in [0.2, 0.25) is 0 Å². The standard InChI is InChI=1S/C24H18Cl2FN3O2/c1-24(13-20(29-32-24)15-7-3-2-4-8-15)14-31-22-12-21(18(27)11-17(22)25)30-23(26)16-9-5-6-10-19(16)28-30/h2-12H,13-14H2,1H3. The number of hydrogen-bond acceptors (Lipinski definition) is 4. The van der Waals surface area contributed by atoms with E-state index in [4.69, 9.17) is 32.8 Å². The van der Waals surface area contributed by atoms with Gasteiger partial charge < -0.3 is 9.57 Å². The summed E-state index contributed by atoms with van der Waals surface area (Å²) in [6.45, 7) is 2.08. The first kappa shape index (κ1) is 20.8. The van der Waals surface area contributed by atoms with E-state index in [1.165, 1.54) is 16.8 Å². The molecule has 1 unspecified atom stereocenters. The fourth-order valence-corrected chi connectivity index (χ4v) is 4.12. The predicted octanol–water partition coefficient (Wildman–Crippen LogP) is 6.43. The lowest BCUT2D eigenvalue weighted by Gasteiger charge is -2.22. The molecule has 0 fully saturated rings. The van der Waals surface area contributed by atoms with Gasteiger partial charge in [-0.2, -0.15) is 5.10 Å². The summed E-state index contributed by atoms with van der Waals surface area (Å²) in [5, 5.41) is 9.81. The van der Waals surface area contributed by atoms with E-state index in [0.717, 1.165) is 16.7 Å². The van der Waals surface area contributed by atoms with Crippen LogP contribution in [0.3, 0.4) is 0 Å². The van der Waals surface area contributed by atoms with Crippen molar-refractivity contribution >= 4 is 39.8 Å². The van der Waals surface area contributed by atoms with Crippen LogP contribution in [0.2, 0.25) is 10.2 Å². The van der Waals surface area contributed by atoms with Gasteiger partial charge in [-0.25, -0.2) is 9.07 Å². The summed E-state index contributed by atoms with van der Waals surface area (Å²) in [6, 6.07) is 19.8. The van der Waals surface area contributed by atoms with E-state index in [2.05, 4.69) is 10.3 Å². The van der Waals surface area contributed by atoms with Gasteiger partial charge in [0.15, 0.2) is 11.4 Å². The zero-order valence-electron chi connectivity index (χ0n) is 17.1. The molecule has 4 aromatic rings. The minimum absolute atomic E-state index is 0.143. The van der Waals surface area contributed by atoms with Crippen molar-refractivity contribution in [2.45, 2.75) is 18.9 Å². The molecule has 1 aromatic heterocycles. The van der Waals surface area contributed by atoms with Crippen LogP contribution in [0.4, 0.5) is 4.39 Å². The molecular formula is C24H18Cl2FN3O2. The van der Waals surface area contributed by atoms with Gasteiger partial charge in [-0.3, -0.25) is 0 Å². The summed E-state index contributed by atoms with van der Waals surface area (Å²) >= 11 is 12.7. The molecule has 32 heavy (non-hydrogen) atoms. The van der Waals surface area contributed by atoms with Gasteiger partial charge >= 0.3 is 0 Å². The van der Waals surface area contributed by atoms with E-state index in [0.29, 0.717) is 22.8 Å². The molecule has 0 N–H and O–H groups in total. The van der Waals surface area contributed by atoms with E-state index in [-0.39, 0.29) is 17.3 Å². The van der Waals surface area contributed by atoms with Crippen LogP contribution in [0.1, 0.15) is 18.9 Å². The van der Waals surface area contributed by atoms with Crippen molar-refractivity contribution in [2.24, 2.45) is 5.16 Å². The second kappa shape index (κ2) is 8.11. The lowest BCUT2D eigenvalue weighted by molar-refractivity contribution is -0.0356. The molecule has 162 valence electrons. The Kier molecular flexibility index (Phi) is 5.27. The monoisotopic (exact) mass is 469 g/mol. The van der Waals surface area contributed by atoms with Crippen LogP contribution in [0.15, 0.2) is 71.9 Å². The Balaban J connectivity index is 1.39. The molecule has 3 aromatic carbocycles. The van der Waals surface area contributed by atoms with E-state index in [9.17, 15) is 4.39 Å². The van der Waals surface area contributed by atoms with Crippen molar-refractivity contribution in [3.05, 3.63) is 88.3 Å². The molecule has 0 bridgehead atoms. The summed E-state index contributed by atoms with van der Waals surface area (Å²) in [4.78, 5) is 5.67. The second-order valence-electron chi connectivity index (χ2n) is 7.86. The Morgan fingerprint density at radius 1 is 1.09 bits per heavy atom.